The van der Waals surface area contributed by atoms with Crippen LogP contribution in [0.5, 0.6) is 0 Å². The number of quaternary nitrogens is 2. The van der Waals surface area contributed by atoms with E-state index in [9.17, 15) is 19.8 Å². The van der Waals surface area contributed by atoms with Gasteiger partial charge in [-0.25, -0.2) is 0 Å². The van der Waals surface area contributed by atoms with E-state index in [1.807, 2.05) is 0 Å². The number of hydrogen-bond donors (Lipinski definition) is 2. The number of rotatable bonds is 3. The van der Waals surface area contributed by atoms with Crippen LogP contribution in [0.2, 0.25) is 0 Å². The lowest BCUT2D eigenvalue weighted by Gasteiger charge is -2.07. The van der Waals surface area contributed by atoms with Gasteiger partial charge in [0.05, 0.1) is 23.3 Å². The van der Waals surface area contributed by atoms with E-state index in [4.69, 9.17) is 0 Å². The van der Waals surface area contributed by atoms with Crippen LogP contribution in [0.3, 0.4) is 0 Å². The van der Waals surface area contributed by atoms with E-state index in [0.717, 1.165) is 0 Å². The average Bonchev–Trinajstić information content (AvgIpc) is 2.39. The van der Waals surface area contributed by atoms with Crippen LogP contribution in [0, 0.1) is 0 Å². The third-order valence-electron chi connectivity index (χ3n) is 2.25. The SMILES string of the molecule is O=C([O-])c1ccnc(-c2cc(C(=O)[O-])ccn2)c1.[NH4+].[NH4+]. The predicted octanol–water partition coefficient (Wildman–Crippen LogP) is -0.377. The van der Waals surface area contributed by atoms with Crippen LogP contribution in [0.25, 0.3) is 11.4 Å². The summed E-state index contributed by atoms with van der Waals surface area (Å²) in [6, 6.07) is 5.08. The van der Waals surface area contributed by atoms with Gasteiger partial charge in [-0.1, -0.05) is 0 Å². The van der Waals surface area contributed by atoms with Crippen molar-refractivity contribution in [2.75, 3.05) is 0 Å². The molecule has 0 aliphatic heterocycles. The van der Waals surface area contributed by atoms with Gasteiger partial charge in [0.15, 0.2) is 0 Å². The van der Waals surface area contributed by atoms with Crippen molar-refractivity contribution in [2.24, 2.45) is 0 Å². The highest BCUT2D eigenvalue weighted by Crippen LogP contribution is 2.16. The molecule has 0 amide bonds. The number of carbonyl (C=O) groups excluding carboxylic acids is 2. The second kappa shape index (κ2) is 6.92. The third kappa shape index (κ3) is 3.57. The molecule has 8 N–H and O–H groups in total. The highest BCUT2D eigenvalue weighted by molar-refractivity contribution is 5.88. The van der Waals surface area contributed by atoms with E-state index >= 15 is 0 Å². The molecule has 0 unspecified atom stereocenters. The number of hydrogen-bond acceptors (Lipinski definition) is 6. The zero-order valence-corrected chi connectivity index (χ0v) is 11.0. The summed E-state index contributed by atoms with van der Waals surface area (Å²) in [7, 11) is 0. The second-order valence-electron chi connectivity index (χ2n) is 3.43. The van der Waals surface area contributed by atoms with Crippen molar-refractivity contribution in [3.63, 3.8) is 0 Å². The van der Waals surface area contributed by atoms with Crippen LogP contribution in [-0.4, -0.2) is 21.9 Å². The van der Waals surface area contributed by atoms with Crippen LogP contribution >= 0.6 is 0 Å². The Labute approximate surface area is 114 Å². The lowest BCUT2D eigenvalue weighted by Crippen LogP contribution is -2.22. The Kier molecular flexibility index (Phi) is 5.94. The molecule has 8 heteroatoms. The summed E-state index contributed by atoms with van der Waals surface area (Å²) in [5.74, 6) is -2.68. The normalized spacial score (nSPS) is 9.00. The molecule has 106 valence electrons. The first-order chi connectivity index (χ1) is 8.58. The summed E-state index contributed by atoms with van der Waals surface area (Å²) in [6.45, 7) is 0. The number of aromatic carboxylic acids is 2. The minimum Gasteiger partial charge on any atom is -0.545 e. The van der Waals surface area contributed by atoms with Crippen molar-refractivity contribution in [3.05, 3.63) is 47.8 Å². The Bertz CT molecular complexity index is 575. The van der Waals surface area contributed by atoms with E-state index in [1.165, 1.54) is 36.7 Å². The summed E-state index contributed by atoms with van der Waals surface area (Å²) in [6.07, 6.45) is 2.57. The molecular weight excluding hydrogens is 264 g/mol. The molecule has 0 fully saturated rings. The largest absolute Gasteiger partial charge is 0.545 e. The molecule has 0 radical (unpaired) electrons. The van der Waals surface area contributed by atoms with Crippen molar-refractivity contribution < 1.29 is 19.8 Å². The summed E-state index contributed by atoms with van der Waals surface area (Å²) >= 11 is 0. The van der Waals surface area contributed by atoms with Gasteiger partial charge in [0.25, 0.3) is 0 Å². The monoisotopic (exact) mass is 278 g/mol. The number of nitrogens with zero attached hydrogens (tertiary/aromatic N) is 2. The number of carboxylic acid groups (broad SMARTS) is 2. The Morgan fingerprint density at radius 3 is 1.45 bits per heavy atom. The molecule has 2 aromatic rings. The molecule has 0 spiro atoms. The topological polar surface area (TPSA) is 179 Å². The van der Waals surface area contributed by atoms with Crippen LogP contribution in [0.15, 0.2) is 36.7 Å². The fourth-order valence-electron chi connectivity index (χ4n) is 1.40. The highest BCUT2D eigenvalue weighted by Gasteiger charge is 2.04. The van der Waals surface area contributed by atoms with Crippen LogP contribution in [-0.2, 0) is 0 Å². The van der Waals surface area contributed by atoms with E-state index in [0.29, 0.717) is 0 Å². The second-order valence-corrected chi connectivity index (χ2v) is 3.43. The fraction of sp³-hybridized carbons (Fsp3) is 0. The Morgan fingerprint density at radius 2 is 1.15 bits per heavy atom. The minimum absolute atomic E-state index is 0. The van der Waals surface area contributed by atoms with Crippen molar-refractivity contribution in [2.45, 2.75) is 0 Å². The van der Waals surface area contributed by atoms with E-state index in [-0.39, 0.29) is 34.8 Å². The van der Waals surface area contributed by atoms with Crippen LogP contribution in [0.1, 0.15) is 20.7 Å². The molecule has 8 nitrogen and oxygen atoms in total. The zero-order chi connectivity index (χ0) is 13.1. The maximum atomic E-state index is 10.7. The smallest absolute Gasteiger partial charge is 0.0892 e. The predicted molar refractivity (Wildman–Crippen MR) is 68.1 cm³/mol. The van der Waals surface area contributed by atoms with Crippen molar-refractivity contribution in [3.8, 4) is 11.4 Å². The summed E-state index contributed by atoms with van der Waals surface area (Å²) < 4.78 is 0. The molecule has 0 saturated carbocycles. The lowest BCUT2D eigenvalue weighted by atomic mass is 10.1. The molecule has 0 saturated heterocycles. The number of pyridine rings is 2. The first kappa shape index (κ1) is 17.2. The highest BCUT2D eigenvalue weighted by atomic mass is 16.4. The van der Waals surface area contributed by atoms with Crippen molar-refractivity contribution >= 4 is 11.9 Å². The molecule has 0 aromatic carbocycles. The van der Waals surface area contributed by atoms with Crippen LogP contribution < -0.4 is 22.5 Å². The van der Waals surface area contributed by atoms with Crippen molar-refractivity contribution in [1.29, 1.82) is 0 Å². The summed E-state index contributed by atoms with van der Waals surface area (Å²) in [5, 5.41) is 21.4. The molecule has 2 heterocycles. The van der Waals surface area contributed by atoms with Gasteiger partial charge in [-0.2, -0.15) is 0 Å². The number of aromatic nitrogens is 2. The minimum atomic E-state index is -1.34. The fourth-order valence-corrected chi connectivity index (χ4v) is 1.40. The van der Waals surface area contributed by atoms with E-state index < -0.39 is 11.9 Å². The molecule has 0 aliphatic carbocycles. The molecule has 0 bridgehead atoms. The average molecular weight is 278 g/mol. The Balaban J connectivity index is 0.00000180. The summed E-state index contributed by atoms with van der Waals surface area (Å²) in [5.41, 5.74) is 0.390. The molecule has 2 rings (SSSR count). The first-order valence-electron chi connectivity index (χ1n) is 4.93. The Hall–Kier alpha value is -2.84. The van der Waals surface area contributed by atoms with E-state index in [2.05, 4.69) is 9.97 Å². The van der Waals surface area contributed by atoms with E-state index in [1.54, 1.807) is 0 Å². The van der Waals surface area contributed by atoms with Gasteiger partial charge < -0.3 is 32.1 Å². The molecular formula is C12H14N4O4. The molecule has 0 aliphatic rings. The standard InChI is InChI=1S/C12H8N2O4.2H3N/c15-11(16)7-1-3-13-9(5-7)10-6-8(12(17)18)2-4-14-10;;/h1-6H,(H,15,16)(H,17,18);2*1H3. The first-order valence-corrected chi connectivity index (χ1v) is 4.93. The van der Waals surface area contributed by atoms with Gasteiger partial charge in [-0.05, 0) is 24.3 Å². The van der Waals surface area contributed by atoms with Gasteiger partial charge in [-0.15, -0.1) is 0 Å². The van der Waals surface area contributed by atoms with Gasteiger partial charge in [0.2, 0.25) is 0 Å². The Morgan fingerprint density at radius 1 is 0.800 bits per heavy atom. The van der Waals surface area contributed by atoms with Gasteiger partial charge in [0, 0.05) is 23.5 Å². The van der Waals surface area contributed by atoms with Crippen molar-refractivity contribution in [1.82, 2.24) is 22.3 Å². The molecule has 20 heavy (non-hydrogen) atoms. The van der Waals surface area contributed by atoms with Gasteiger partial charge in [-0.3, -0.25) is 9.97 Å². The molecule has 0 atom stereocenters. The number of carboxylic acids is 2. The van der Waals surface area contributed by atoms with Crippen LogP contribution in [0.4, 0.5) is 0 Å². The third-order valence-corrected chi connectivity index (χ3v) is 2.25. The quantitative estimate of drug-likeness (QED) is 0.771. The maximum absolute atomic E-state index is 10.7. The summed E-state index contributed by atoms with van der Waals surface area (Å²) in [4.78, 5) is 29.2. The maximum Gasteiger partial charge on any atom is 0.0892 e. The van der Waals surface area contributed by atoms with Gasteiger partial charge >= 0.3 is 0 Å². The molecule has 2 aromatic heterocycles. The lowest BCUT2D eigenvalue weighted by molar-refractivity contribution is -0.256. The zero-order valence-electron chi connectivity index (χ0n) is 11.0. The number of carbonyl (C=O) groups is 2. The van der Waals surface area contributed by atoms with Gasteiger partial charge in [0.1, 0.15) is 0 Å².